The molecule has 17 heavy (non-hydrogen) atoms. The number of benzene rings is 1. The van der Waals surface area contributed by atoms with Crippen LogP contribution in [0.15, 0.2) is 18.2 Å². The number of ether oxygens (including phenoxy) is 1. The van der Waals surface area contributed by atoms with E-state index in [0.29, 0.717) is 6.61 Å². The van der Waals surface area contributed by atoms with Crippen LogP contribution >= 0.6 is 0 Å². The molecular weight excluding hydrogens is 216 g/mol. The lowest BCUT2D eigenvalue weighted by Gasteiger charge is -2.09. The van der Waals surface area contributed by atoms with E-state index in [1.54, 1.807) is 0 Å². The minimum atomic E-state index is -0.708. The Morgan fingerprint density at radius 2 is 2.18 bits per heavy atom. The fraction of sp³-hybridized carbons (Fsp3) is 0.500. The number of carbonyl (C=O) groups is 1. The lowest BCUT2D eigenvalue weighted by atomic mass is 9.96. The van der Waals surface area contributed by atoms with Gasteiger partial charge in [0.2, 0.25) is 0 Å². The molecule has 1 aliphatic rings. The summed E-state index contributed by atoms with van der Waals surface area (Å²) in [5, 5.41) is 8.69. The first-order valence-corrected chi connectivity index (χ1v) is 6.05. The van der Waals surface area contributed by atoms with Crippen LogP contribution in [-0.4, -0.2) is 11.1 Å². The molecule has 0 aliphatic carbocycles. The van der Waals surface area contributed by atoms with E-state index in [-0.39, 0.29) is 12.3 Å². The van der Waals surface area contributed by atoms with Gasteiger partial charge in [-0.15, -0.1) is 0 Å². The van der Waals surface area contributed by atoms with Crippen molar-refractivity contribution < 1.29 is 14.6 Å². The zero-order valence-electron chi connectivity index (χ0n) is 10.1. The van der Waals surface area contributed by atoms with Crippen LogP contribution in [0.1, 0.15) is 36.5 Å². The lowest BCUT2D eigenvalue weighted by Crippen LogP contribution is -2.05. The summed E-state index contributed by atoms with van der Waals surface area (Å²) in [6, 6.07) is 6.44. The average molecular weight is 234 g/mol. The lowest BCUT2D eigenvalue weighted by molar-refractivity contribution is -0.138. The minimum absolute atomic E-state index is 0.233. The standard InChI is InChI=1S/C14H18O3/c1-10(6-14(15)16)2-3-11-4-5-12-8-17-9-13(12)7-11/h4-5,7,10H,2-3,6,8-9H2,1H3,(H,15,16). The molecule has 1 atom stereocenters. The summed E-state index contributed by atoms with van der Waals surface area (Å²) in [4.78, 5) is 10.6. The number of aliphatic carboxylic acids is 1. The molecule has 1 aromatic carbocycles. The van der Waals surface area contributed by atoms with E-state index in [0.717, 1.165) is 19.4 Å². The van der Waals surface area contributed by atoms with Gasteiger partial charge in [-0.2, -0.15) is 0 Å². The fourth-order valence-electron chi connectivity index (χ4n) is 2.19. The first-order valence-electron chi connectivity index (χ1n) is 6.05. The van der Waals surface area contributed by atoms with Crippen LogP contribution in [-0.2, 0) is 29.2 Å². The maximum absolute atomic E-state index is 10.6. The summed E-state index contributed by atoms with van der Waals surface area (Å²) in [5.74, 6) is -0.475. The Bertz CT molecular complexity index is 412. The molecule has 0 amide bonds. The molecule has 1 heterocycles. The van der Waals surface area contributed by atoms with Crippen molar-refractivity contribution in [2.45, 2.75) is 39.4 Å². The molecule has 0 saturated heterocycles. The van der Waals surface area contributed by atoms with Crippen LogP contribution < -0.4 is 0 Å². The maximum Gasteiger partial charge on any atom is 0.303 e. The maximum atomic E-state index is 10.6. The van der Waals surface area contributed by atoms with E-state index in [2.05, 4.69) is 18.2 Å². The molecule has 1 aliphatic heterocycles. The fourth-order valence-corrected chi connectivity index (χ4v) is 2.19. The Morgan fingerprint density at radius 1 is 1.41 bits per heavy atom. The highest BCUT2D eigenvalue weighted by Gasteiger charge is 2.12. The quantitative estimate of drug-likeness (QED) is 0.852. The molecule has 2 rings (SSSR count). The van der Waals surface area contributed by atoms with E-state index in [1.165, 1.54) is 16.7 Å². The first-order chi connectivity index (χ1) is 8.15. The van der Waals surface area contributed by atoms with Crippen LogP contribution in [0.25, 0.3) is 0 Å². The van der Waals surface area contributed by atoms with Gasteiger partial charge in [-0.05, 0) is 35.4 Å². The smallest absolute Gasteiger partial charge is 0.303 e. The molecule has 1 N–H and O–H groups in total. The molecule has 0 spiro atoms. The Morgan fingerprint density at radius 3 is 2.94 bits per heavy atom. The number of rotatable bonds is 5. The van der Waals surface area contributed by atoms with Gasteiger partial charge in [0.15, 0.2) is 0 Å². The monoisotopic (exact) mass is 234 g/mol. The zero-order chi connectivity index (χ0) is 12.3. The van der Waals surface area contributed by atoms with Gasteiger partial charge in [-0.1, -0.05) is 25.1 Å². The Hall–Kier alpha value is -1.35. The van der Waals surface area contributed by atoms with Crippen molar-refractivity contribution in [3.63, 3.8) is 0 Å². The molecule has 0 aromatic heterocycles. The van der Waals surface area contributed by atoms with E-state index in [4.69, 9.17) is 9.84 Å². The second kappa shape index (κ2) is 5.32. The average Bonchev–Trinajstić information content (AvgIpc) is 2.72. The van der Waals surface area contributed by atoms with Crippen LogP contribution in [0.4, 0.5) is 0 Å². The number of carboxylic acids is 1. The van der Waals surface area contributed by atoms with E-state index >= 15 is 0 Å². The number of hydrogen-bond donors (Lipinski definition) is 1. The van der Waals surface area contributed by atoms with E-state index in [1.807, 2.05) is 6.92 Å². The Balaban J connectivity index is 1.89. The van der Waals surface area contributed by atoms with Gasteiger partial charge in [0, 0.05) is 6.42 Å². The molecular formula is C14H18O3. The predicted octanol–water partition coefficient (Wildman–Crippen LogP) is 2.76. The summed E-state index contributed by atoms with van der Waals surface area (Å²) >= 11 is 0. The number of carboxylic acid groups (broad SMARTS) is 1. The molecule has 0 saturated carbocycles. The van der Waals surface area contributed by atoms with Crippen LogP contribution in [0.5, 0.6) is 0 Å². The van der Waals surface area contributed by atoms with Gasteiger partial charge in [-0.25, -0.2) is 0 Å². The van der Waals surface area contributed by atoms with Gasteiger partial charge in [0.1, 0.15) is 0 Å². The molecule has 3 heteroatoms. The normalized spacial score (nSPS) is 15.6. The summed E-state index contributed by atoms with van der Waals surface area (Å²) in [5.41, 5.74) is 3.85. The third kappa shape index (κ3) is 3.30. The van der Waals surface area contributed by atoms with Crippen molar-refractivity contribution in [3.8, 4) is 0 Å². The third-order valence-electron chi connectivity index (χ3n) is 3.23. The van der Waals surface area contributed by atoms with Crippen LogP contribution in [0, 0.1) is 5.92 Å². The molecule has 1 aromatic rings. The highest BCUT2D eigenvalue weighted by molar-refractivity contribution is 5.66. The highest BCUT2D eigenvalue weighted by atomic mass is 16.5. The van der Waals surface area contributed by atoms with Crippen molar-refractivity contribution in [2.24, 2.45) is 5.92 Å². The summed E-state index contributed by atoms with van der Waals surface area (Å²) < 4.78 is 5.37. The predicted molar refractivity (Wildman–Crippen MR) is 64.7 cm³/mol. The second-order valence-corrected chi connectivity index (χ2v) is 4.84. The SMILES string of the molecule is CC(CCc1ccc2c(c1)COC2)CC(=O)O. The van der Waals surface area contributed by atoms with Gasteiger partial charge >= 0.3 is 5.97 Å². The zero-order valence-corrected chi connectivity index (χ0v) is 10.1. The third-order valence-corrected chi connectivity index (χ3v) is 3.23. The van der Waals surface area contributed by atoms with Crippen molar-refractivity contribution in [1.82, 2.24) is 0 Å². The first kappa shape index (κ1) is 12.1. The summed E-state index contributed by atoms with van der Waals surface area (Å²) in [7, 11) is 0. The van der Waals surface area contributed by atoms with Crippen molar-refractivity contribution in [3.05, 3.63) is 34.9 Å². The molecule has 1 unspecified atom stereocenters. The second-order valence-electron chi connectivity index (χ2n) is 4.84. The van der Waals surface area contributed by atoms with Gasteiger partial charge in [0.05, 0.1) is 13.2 Å². The van der Waals surface area contributed by atoms with Crippen molar-refractivity contribution >= 4 is 5.97 Å². The van der Waals surface area contributed by atoms with Gasteiger partial charge < -0.3 is 9.84 Å². The van der Waals surface area contributed by atoms with Gasteiger partial charge in [-0.3, -0.25) is 4.79 Å². The number of aryl methyl sites for hydroxylation is 1. The molecule has 0 radical (unpaired) electrons. The van der Waals surface area contributed by atoms with Crippen molar-refractivity contribution in [2.75, 3.05) is 0 Å². The number of hydrogen-bond acceptors (Lipinski definition) is 2. The summed E-state index contributed by atoms with van der Waals surface area (Å²) in [6.07, 6.45) is 2.13. The molecule has 92 valence electrons. The number of fused-ring (bicyclic) bond motifs is 1. The highest BCUT2D eigenvalue weighted by Crippen LogP contribution is 2.22. The Labute approximate surface area is 101 Å². The van der Waals surface area contributed by atoms with Crippen LogP contribution in [0.3, 0.4) is 0 Å². The van der Waals surface area contributed by atoms with E-state index < -0.39 is 5.97 Å². The Kier molecular flexibility index (Phi) is 3.79. The molecule has 0 fully saturated rings. The van der Waals surface area contributed by atoms with E-state index in [9.17, 15) is 4.79 Å². The van der Waals surface area contributed by atoms with Gasteiger partial charge in [0.25, 0.3) is 0 Å². The minimum Gasteiger partial charge on any atom is -0.481 e. The van der Waals surface area contributed by atoms with Crippen LogP contribution in [0.2, 0.25) is 0 Å². The largest absolute Gasteiger partial charge is 0.481 e. The van der Waals surface area contributed by atoms with Crippen molar-refractivity contribution in [1.29, 1.82) is 0 Å². The molecule has 3 nitrogen and oxygen atoms in total. The summed E-state index contributed by atoms with van der Waals surface area (Å²) in [6.45, 7) is 3.43. The molecule has 0 bridgehead atoms. The topological polar surface area (TPSA) is 46.5 Å².